The summed E-state index contributed by atoms with van der Waals surface area (Å²) in [6.07, 6.45) is 0. The second kappa shape index (κ2) is 4.53. The maximum absolute atomic E-state index is 11.9. The van der Waals surface area contributed by atoms with E-state index < -0.39 is 5.97 Å². The molecule has 0 bridgehead atoms. The number of carboxylic acid groups (broad SMARTS) is 1. The summed E-state index contributed by atoms with van der Waals surface area (Å²) in [4.78, 5) is 16.6. The van der Waals surface area contributed by atoms with Gasteiger partial charge in [0.1, 0.15) is 0 Å². The molecule has 0 radical (unpaired) electrons. The SMILES string of the molecule is Cc1cc2nc3ccccc3c(C(=O)O)c2c2ccccc12. The third-order valence-electron chi connectivity index (χ3n) is 4.11. The zero-order chi connectivity index (χ0) is 15.3. The van der Waals surface area contributed by atoms with Crippen molar-refractivity contribution in [3.05, 3.63) is 65.7 Å². The maximum atomic E-state index is 11.9. The number of nitrogens with zero attached hydrogens (tertiary/aromatic N) is 1. The standard InChI is InChI=1S/C19H13NO2/c1-11-10-16-17(13-7-3-2-6-12(11)13)18(19(21)22)14-8-4-5-9-15(14)20-16/h2-10H,1H3,(H,21,22). The van der Waals surface area contributed by atoms with Gasteiger partial charge in [0.25, 0.3) is 0 Å². The minimum Gasteiger partial charge on any atom is -0.478 e. The molecule has 1 heterocycles. The van der Waals surface area contributed by atoms with Crippen LogP contribution < -0.4 is 0 Å². The van der Waals surface area contributed by atoms with Crippen molar-refractivity contribution in [1.82, 2.24) is 4.98 Å². The number of hydrogen-bond acceptors (Lipinski definition) is 2. The van der Waals surface area contributed by atoms with Gasteiger partial charge in [-0.2, -0.15) is 0 Å². The van der Waals surface area contributed by atoms with Gasteiger partial charge in [0, 0.05) is 10.8 Å². The van der Waals surface area contributed by atoms with Crippen molar-refractivity contribution in [2.45, 2.75) is 6.92 Å². The summed E-state index contributed by atoms with van der Waals surface area (Å²) in [7, 11) is 0. The number of rotatable bonds is 1. The normalized spacial score (nSPS) is 11.3. The number of aromatic nitrogens is 1. The van der Waals surface area contributed by atoms with Gasteiger partial charge in [-0.05, 0) is 35.4 Å². The van der Waals surface area contributed by atoms with Crippen LogP contribution in [0, 0.1) is 6.92 Å². The number of hydrogen-bond donors (Lipinski definition) is 1. The number of pyridine rings is 1. The Morgan fingerprint density at radius 2 is 1.55 bits per heavy atom. The first-order chi connectivity index (χ1) is 10.7. The Bertz CT molecular complexity index is 1070. The zero-order valence-electron chi connectivity index (χ0n) is 12.0. The number of aromatic carboxylic acids is 1. The monoisotopic (exact) mass is 287 g/mol. The van der Waals surface area contributed by atoms with Gasteiger partial charge in [0.2, 0.25) is 0 Å². The van der Waals surface area contributed by atoms with Crippen LogP contribution in [0.15, 0.2) is 54.6 Å². The first-order valence-electron chi connectivity index (χ1n) is 7.11. The molecule has 4 aromatic rings. The van der Waals surface area contributed by atoms with Gasteiger partial charge in [-0.15, -0.1) is 0 Å². The summed E-state index contributed by atoms with van der Waals surface area (Å²) >= 11 is 0. The molecule has 3 heteroatoms. The maximum Gasteiger partial charge on any atom is 0.337 e. The lowest BCUT2D eigenvalue weighted by molar-refractivity contribution is 0.0701. The molecule has 106 valence electrons. The third-order valence-corrected chi connectivity index (χ3v) is 4.11. The number of para-hydroxylation sites is 1. The zero-order valence-corrected chi connectivity index (χ0v) is 12.0. The van der Waals surface area contributed by atoms with E-state index in [1.807, 2.05) is 61.5 Å². The fraction of sp³-hybridized carbons (Fsp3) is 0.0526. The molecule has 0 saturated heterocycles. The van der Waals surface area contributed by atoms with Gasteiger partial charge in [-0.25, -0.2) is 9.78 Å². The Morgan fingerprint density at radius 3 is 2.27 bits per heavy atom. The summed E-state index contributed by atoms with van der Waals surface area (Å²) in [6.45, 7) is 2.03. The summed E-state index contributed by atoms with van der Waals surface area (Å²) in [5, 5.41) is 13.2. The highest BCUT2D eigenvalue weighted by atomic mass is 16.4. The predicted molar refractivity (Wildman–Crippen MR) is 88.5 cm³/mol. The van der Waals surface area contributed by atoms with Gasteiger partial charge in [-0.3, -0.25) is 0 Å². The molecule has 3 aromatic carbocycles. The van der Waals surface area contributed by atoms with E-state index in [4.69, 9.17) is 0 Å². The first-order valence-corrected chi connectivity index (χ1v) is 7.11. The van der Waals surface area contributed by atoms with Crippen LogP contribution >= 0.6 is 0 Å². The molecule has 0 atom stereocenters. The van der Waals surface area contributed by atoms with E-state index in [0.717, 1.165) is 21.9 Å². The van der Waals surface area contributed by atoms with E-state index in [0.29, 0.717) is 21.9 Å². The molecular weight excluding hydrogens is 274 g/mol. The van der Waals surface area contributed by atoms with Crippen molar-refractivity contribution in [3.8, 4) is 0 Å². The lowest BCUT2D eigenvalue weighted by Crippen LogP contribution is -2.02. The Kier molecular flexibility index (Phi) is 2.63. The molecule has 0 saturated carbocycles. The predicted octanol–water partition coefficient (Wildman–Crippen LogP) is 4.55. The van der Waals surface area contributed by atoms with Crippen LogP contribution in [-0.2, 0) is 0 Å². The molecule has 4 rings (SSSR count). The first kappa shape index (κ1) is 12.8. The van der Waals surface area contributed by atoms with E-state index in [9.17, 15) is 9.90 Å². The number of benzene rings is 3. The summed E-state index contributed by atoms with van der Waals surface area (Å²) in [6, 6.07) is 17.2. The smallest absolute Gasteiger partial charge is 0.337 e. The van der Waals surface area contributed by atoms with Crippen LogP contribution in [0.1, 0.15) is 15.9 Å². The van der Waals surface area contributed by atoms with E-state index >= 15 is 0 Å². The summed E-state index contributed by atoms with van der Waals surface area (Å²) in [5.74, 6) is -0.919. The van der Waals surface area contributed by atoms with E-state index in [1.165, 1.54) is 0 Å². The van der Waals surface area contributed by atoms with Crippen molar-refractivity contribution < 1.29 is 9.90 Å². The van der Waals surface area contributed by atoms with Crippen LogP contribution in [0.3, 0.4) is 0 Å². The highest BCUT2D eigenvalue weighted by molar-refractivity contribution is 6.22. The fourth-order valence-electron chi connectivity index (χ4n) is 3.16. The second-order valence-corrected chi connectivity index (χ2v) is 5.44. The van der Waals surface area contributed by atoms with Crippen molar-refractivity contribution in [1.29, 1.82) is 0 Å². The van der Waals surface area contributed by atoms with Crippen molar-refractivity contribution in [2.24, 2.45) is 0 Å². The van der Waals surface area contributed by atoms with Crippen molar-refractivity contribution in [3.63, 3.8) is 0 Å². The average Bonchev–Trinajstić information content (AvgIpc) is 2.53. The second-order valence-electron chi connectivity index (χ2n) is 5.44. The Morgan fingerprint density at radius 1 is 0.909 bits per heavy atom. The number of carbonyl (C=O) groups is 1. The lowest BCUT2D eigenvalue weighted by atomic mass is 9.95. The quantitative estimate of drug-likeness (QED) is 0.413. The molecule has 0 aliphatic rings. The van der Waals surface area contributed by atoms with E-state index in [-0.39, 0.29) is 0 Å². The van der Waals surface area contributed by atoms with Gasteiger partial charge >= 0.3 is 5.97 Å². The average molecular weight is 287 g/mol. The largest absolute Gasteiger partial charge is 0.478 e. The minimum absolute atomic E-state index is 0.330. The minimum atomic E-state index is -0.919. The molecule has 3 nitrogen and oxygen atoms in total. The topological polar surface area (TPSA) is 50.2 Å². The van der Waals surface area contributed by atoms with Crippen LogP contribution in [0.25, 0.3) is 32.6 Å². The highest BCUT2D eigenvalue weighted by Crippen LogP contribution is 2.33. The van der Waals surface area contributed by atoms with Gasteiger partial charge in [0.05, 0.1) is 16.6 Å². The van der Waals surface area contributed by atoms with Crippen LogP contribution in [-0.4, -0.2) is 16.1 Å². The molecule has 0 unspecified atom stereocenters. The van der Waals surface area contributed by atoms with Crippen molar-refractivity contribution >= 4 is 38.5 Å². The molecule has 0 aliphatic heterocycles. The number of fused-ring (bicyclic) bond motifs is 4. The highest BCUT2D eigenvalue weighted by Gasteiger charge is 2.17. The molecule has 0 spiro atoms. The number of aryl methyl sites for hydroxylation is 1. The summed E-state index contributed by atoms with van der Waals surface area (Å²) in [5.41, 5.74) is 2.87. The molecular formula is C19H13NO2. The lowest BCUT2D eigenvalue weighted by Gasteiger charge is -2.12. The molecule has 0 aliphatic carbocycles. The van der Waals surface area contributed by atoms with Crippen LogP contribution in [0.4, 0.5) is 0 Å². The molecule has 0 fully saturated rings. The molecule has 1 aromatic heterocycles. The molecule has 0 amide bonds. The molecule has 22 heavy (non-hydrogen) atoms. The van der Waals surface area contributed by atoms with Crippen LogP contribution in [0.2, 0.25) is 0 Å². The summed E-state index contributed by atoms with van der Waals surface area (Å²) < 4.78 is 0. The Labute approximate surface area is 126 Å². The van der Waals surface area contributed by atoms with Gasteiger partial charge in [0.15, 0.2) is 0 Å². The fourth-order valence-corrected chi connectivity index (χ4v) is 3.16. The van der Waals surface area contributed by atoms with Crippen LogP contribution in [0.5, 0.6) is 0 Å². The number of carboxylic acids is 1. The Hall–Kier alpha value is -2.94. The third kappa shape index (κ3) is 1.69. The van der Waals surface area contributed by atoms with Gasteiger partial charge in [-0.1, -0.05) is 42.5 Å². The van der Waals surface area contributed by atoms with E-state index in [1.54, 1.807) is 0 Å². The molecule has 1 N–H and O–H groups in total. The van der Waals surface area contributed by atoms with Crippen molar-refractivity contribution in [2.75, 3.05) is 0 Å². The Balaban J connectivity index is 2.38. The van der Waals surface area contributed by atoms with E-state index in [2.05, 4.69) is 4.98 Å². The van der Waals surface area contributed by atoms with Gasteiger partial charge < -0.3 is 5.11 Å².